The fourth-order valence-corrected chi connectivity index (χ4v) is 2.77. The third kappa shape index (κ3) is 3.14. The maximum Gasteiger partial charge on any atom is 0.265 e. The maximum atomic E-state index is 12.3. The van der Waals surface area contributed by atoms with Gasteiger partial charge in [-0.15, -0.1) is 0 Å². The Bertz CT molecular complexity index is 688. The van der Waals surface area contributed by atoms with Gasteiger partial charge < -0.3 is 10.1 Å². The summed E-state index contributed by atoms with van der Waals surface area (Å²) in [5, 5.41) is 3.72. The first-order valence-corrected chi connectivity index (χ1v) is 7.39. The lowest BCUT2D eigenvalue weighted by atomic mass is 10.0. The Morgan fingerprint density at radius 2 is 2.00 bits per heavy atom. The monoisotopic (exact) mass is 321 g/mol. The number of fused-ring (bicyclic) bond motifs is 1. The molecule has 2 aromatic carbocycles. The van der Waals surface area contributed by atoms with Crippen molar-refractivity contribution in [1.29, 1.82) is 0 Å². The highest BCUT2D eigenvalue weighted by Crippen LogP contribution is 2.29. The van der Waals surface area contributed by atoms with Crippen LogP contribution in [0.2, 0.25) is 10.0 Å². The number of ether oxygens (including phenoxy) is 1. The SMILES string of the molecule is O=C(Nc1ccc(Cl)cc1Cl)[C@@H]1CCc2ccccc2O1. The van der Waals surface area contributed by atoms with Crippen molar-refractivity contribution in [3.8, 4) is 5.75 Å². The minimum atomic E-state index is -0.508. The number of anilines is 1. The van der Waals surface area contributed by atoms with Gasteiger partial charge in [0.05, 0.1) is 10.7 Å². The van der Waals surface area contributed by atoms with E-state index in [4.69, 9.17) is 27.9 Å². The number of amides is 1. The topological polar surface area (TPSA) is 38.3 Å². The van der Waals surface area contributed by atoms with Crippen LogP contribution in [-0.4, -0.2) is 12.0 Å². The van der Waals surface area contributed by atoms with Crippen LogP contribution in [-0.2, 0) is 11.2 Å². The average molecular weight is 322 g/mol. The zero-order valence-electron chi connectivity index (χ0n) is 11.1. The first-order valence-electron chi connectivity index (χ1n) is 6.64. The summed E-state index contributed by atoms with van der Waals surface area (Å²) in [6, 6.07) is 12.7. The third-order valence-electron chi connectivity index (χ3n) is 3.40. The second-order valence-corrected chi connectivity index (χ2v) is 5.71. The molecule has 0 unspecified atom stereocenters. The normalized spacial score (nSPS) is 16.8. The lowest BCUT2D eigenvalue weighted by Gasteiger charge is -2.25. The van der Waals surface area contributed by atoms with E-state index in [1.807, 2.05) is 24.3 Å². The van der Waals surface area contributed by atoms with E-state index < -0.39 is 6.10 Å². The highest BCUT2D eigenvalue weighted by molar-refractivity contribution is 6.36. The molecule has 1 amide bonds. The van der Waals surface area contributed by atoms with Crippen LogP contribution in [0.25, 0.3) is 0 Å². The molecule has 3 rings (SSSR count). The second kappa shape index (κ2) is 5.96. The zero-order chi connectivity index (χ0) is 14.8. The standard InChI is InChI=1S/C16H13Cl2NO2/c17-11-6-7-13(12(18)9-11)19-16(20)15-8-5-10-3-1-2-4-14(10)21-15/h1-4,6-7,9,15H,5,8H2,(H,19,20)/t15-/m0/s1. The number of aryl methyl sites for hydroxylation is 1. The van der Waals surface area contributed by atoms with Crippen LogP contribution in [0.4, 0.5) is 5.69 Å². The summed E-state index contributed by atoms with van der Waals surface area (Å²) in [5.41, 5.74) is 1.67. The summed E-state index contributed by atoms with van der Waals surface area (Å²) in [7, 11) is 0. The summed E-state index contributed by atoms with van der Waals surface area (Å²) >= 11 is 11.9. The summed E-state index contributed by atoms with van der Waals surface area (Å²) in [4.78, 5) is 12.3. The van der Waals surface area contributed by atoms with E-state index in [2.05, 4.69) is 5.32 Å². The van der Waals surface area contributed by atoms with Crippen LogP contribution in [0.15, 0.2) is 42.5 Å². The predicted molar refractivity (Wildman–Crippen MR) is 84.3 cm³/mol. The molecule has 0 spiro atoms. The van der Waals surface area contributed by atoms with E-state index in [9.17, 15) is 4.79 Å². The highest BCUT2D eigenvalue weighted by atomic mass is 35.5. The minimum absolute atomic E-state index is 0.200. The van der Waals surface area contributed by atoms with Gasteiger partial charge in [0.1, 0.15) is 5.75 Å². The molecule has 2 aromatic rings. The molecule has 0 aliphatic carbocycles. The Labute approximate surface area is 132 Å². The Kier molecular flexibility index (Phi) is 4.04. The molecule has 0 saturated carbocycles. The van der Waals surface area contributed by atoms with Crippen molar-refractivity contribution in [3.05, 3.63) is 58.1 Å². The molecule has 0 radical (unpaired) electrons. The van der Waals surface area contributed by atoms with Gasteiger partial charge in [-0.1, -0.05) is 41.4 Å². The maximum absolute atomic E-state index is 12.3. The molecule has 0 fully saturated rings. The van der Waals surface area contributed by atoms with Gasteiger partial charge in [-0.3, -0.25) is 4.79 Å². The number of hydrogen-bond donors (Lipinski definition) is 1. The number of halogens is 2. The van der Waals surface area contributed by atoms with Crippen LogP contribution in [0.3, 0.4) is 0 Å². The summed E-state index contributed by atoms with van der Waals surface area (Å²) < 4.78 is 5.75. The number of benzene rings is 2. The predicted octanol–water partition coefficient (Wildman–Crippen LogP) is 4.33. The van der Waals surface area contributed by atoms with E-state index in [1.165, 1.54) is 0 Å². The largest absolute Gasteiger partial charge is 0.480 e. The number of hydrogen-bond acceptors (Lipinski definition) is 2. The lowest BCUT2D eigenvalue weighted by molar-refractivity contribution is -0.123. The fourth-order valence-electron chi connectivity index (χ4n) is 2.31. The van der Waals surface area contributed by atoms with Crippen LogP contribution < -0.4 is 10.1 Å². The molecule has 5 heteroatoms. The van der Waals surface area contributed by atoms with Crippen LogP contribution in [0, 0.1) is 0 Å². The molecule has 1 aliphatic rings. The third-order valence-corrected chi connectivity index (χ3v) is 3.95. The molecule has 1 atom stereocenters. The Balaban J connectivity index is 1.72. The van der Waals surface area contributed by atoms with E-state index in [0.29, 0.717) is 22.2 Å². The molecule has 108 valence electrons. The van der Waals surface area contributed by atoms with Crippen LogP contribution in [0.1, 0.15) is 12.0 Å². The first-order chi connectivity index (χ1) is 10.1. The van der Waals surface area contributed by atoms with Crippen molar-refractivity contribution in [2.75, 3.05) is 5.32 Å². The molecular weight excluding hydrogens is 309 g/mol. The molecule has 0 aromatic heterocycles. The van der Waals surface area contributed by atoms with Gasteiger partial charge >= 0.3 is 0 Å². The van der Waals surface area contributed by atoms with Crippen molar-refractivity contribution in [2.45, 2.75) is 18.9 Å². The van der Waals surface area contributed by atoms with Gasteiger partial charge in [0.25, 0.3) is 5.91 Å². The van der Waals surface area contributed by atoms with Crippen molar-refractivity contribution in [3.63, 3.8) is 0 Å². The number of carbonyl (C=O) groups excluding carboxylic acids is 1. The quantitative estimate of drug-likeness (QED) is 0.894. The minimum Gasteiger partial charge on any atom is -0.480 e. The van der Waals surface area contributed by atoms with Crippen LogP contribution in [0.5, 0.6) is 5.75 Å². The summed E-state index contributed by atoms with van der Waals surface area (Å²) in [5.74, 6) is 0.569. The molecule has 1 heterocycles. The number of para-hydroxylation sites is 1. The van der Waals surface area contributed by atoms with E-state index in [-0.39, 0.29) is 5.91 Å². The average Bonchev–Trinajstić information content (AvgIpc) is 2.49. The smallest absolute Gasteiger partial charge is 0.265 e. The van der Waals surface area contributed by atoms with Gasteiger partial charge in [0, 0.05) is 5.02 Å². The number of nitrogens with one attached hydrogen (secondary N) is 1. The molecule has 0 saturated heterocycles. The van der Waals surface area contributed by atoms with Crippen molar-refractivity contribution < 1.29 is 9.53 Å². The van der Waals surface area contributed by atoms with Gasteiger partial charge in [-0.2, -0.15) is 0 Å². The Morgan fingerprint density at radius 3 is 2.81 bits per heavy atom. The molecule has 21 heavy (non-hydrogen) atoms. The molecule has 0 bridgehead atoms. The molecule has 1 N–H and O–H groups in total. The second-order valence-electron chi connectivity index (χ2n) is 4.87. The van der Waals surface area contributed by atoms with Gasteiger partial charge in [0.15, 0.2) is 6.10 Å². The van der Waals surface area contributed by atoms with Gasteiger partial charge in [-0.05, 0) is 42.7 Å². The van der Waals surface area contributed by atoms with E-state index in [1.54, 1.807) is 18.2 Å². The number of rotatable bonds is 2. The fraction of sp³-hybridized carbons (Fsp3) is 0.188. The number of carbonyl (C=O) groups is 1. The van der Waals surface area contributed by atoms with Crippen molar-refractivity contribution in [1.82, 2.24) is 0 Å². The Hall–Kier alpha value is -1.71. The molecular formula is C16H13Cl2NO2. The van der Waals surface area contributed by atoms with E-state index in [0.717, 1.165) is 17.7 Å². The van der Waals surface area contributed by atoms with Gasteiger partial charge in [-0.25, -0.2) is 0 Å². The lowest BCUT2D eigenvalue weighted by Crippen LogP contribution is -2.35. The van der Waals surface area contributed by atoms with Crippen molar-refractivity contribution in [2.24, 2.45) is 0 Å². The first kappa shape index (κ1) is 14.2. The Morgan fingerprint density at radius 1 is 1.19 bits per heavy atom. The zero-order valence-corrected chi connectivity index (χ0v) is 12.6. The molecule has 1 aliphatic heterocycles. The molecule has 3 nitrogen and oxygen atoms in total. The van der Waals surface area contributed by atoms with Crippen LogP contribution >= 0.6 is 23.2 Å². The van der Waals surface area contributed by atoms with Crippen molar-refractivity contribution >= 4 is 34.8 Å². The highest BCUT2D eigenvalue weighted by Gasteiger charge is 2.26. The van der Waals surface area contributed by atoms with E-state index >= 15 is 0 Å². The summed E-state index contributed by atoms with van der Waals surface area (Å²) in [6.07, 6.45) is 0.961. The summed E-state index contributed by atoms with van der Waals surface area (Å²) in [6.45, 7) is 0. The van der Waals surface area contributed by atoms with Gasteiger partial charge in [0.2, 0.25) is 0 Å².